The summed E-state index contributed by atoms with van der Waals surface area (Å²) < 4.78 is 10.9. The normalized spacial score (nSPS) is 23.4. The molecule has 0 saturated heterocycles. The van der Waals surface area contributed by atoms with E-state index < -0.39 is 0 Å². The van der Waals surface area contributed by atoms with Crippen molar-refractivity contribution in [3.05, 3.63) is 0 Å². The molecule has 0 aromatic heterocycles. The van der Waals surface area contributed by atoms with Gasteiger partial charge in [-0.2, -0.15) is 5.54 Å². The molecule has 0 radical (unpaired) electrons. The average Bonchev–Trinajstić information content (AvgIpc) is 2.12. The lowest BCUT2D eigenvalue weighted by Gasteiger charge is -1.74. The van der Waals surface area contributed by atoms with Crippen LogP contribution in [-0.4, -0.2) is 6.04 Å². The van der Waals surface area contributed by atoms with Crippen molar-refractivity contribution < 1.29 is 4.48 Å². The largest absolute Gasteiger partial charge is 0.156 e. The van der Waals surface area contributed by atoms with Crippen molar-refractivity contribution in [2.45, 2.75) is 18.9 Å². The Kier molecular flexibility index (Phi) is 0.580. The van der Waals surface area contributed by atoms with Gasteiger partial charge in [0.1, 0.15) is 0 Å². The van der Waals surface area contributed by atoms with Gasteiger partial charge in [0.05, 0.1) is 0 Å². The Morgan fingerprint density at radius 1 is 1.60 bits per heavy atom. The van der Waals surface area contributed by atoms with Crippen molar-refractivity contribution in [1.82, 2.24) is 5.54 Å². The topological polar surface area (TPSA) is 12.0 Å². The van der Waals surface area contributed by atoms with E-state index in [2.05, 4.69) is 0 Å². The molecule has 2 heteroatoms. The van der Waals surface area contributed by atoms with Crippen LogP contribution in [0.4, 0.5) is 4.48 Å². The third kappa shape index (κ3) is 0.581. The van der Waals surface area contributed by atoms with Crippen LogP contribution in [0.3, 0.4) is 0 Å². The molecule has 0 atom stereocenters. The molecule has 0 aromatic rings. The van der Waals surface area contributed by atoms with Gasteiger partial charge in [-0.25, -0.2) is 0 Å². The van der Waals surface area contributed by atoms with Crippen LogP contribution >= 0.6 is 0 Å². The van der Waals surface area contributed by atoms with Gasteiger partial charge in [0.2, 0.25) is 0 Å². The molecule has 1 rings (SSSR count). The van der Waals surface area contributed by atoms with E-state index in [-0.39, 0.29) is 6.04 Å². The van der Waals surface area contributed by atoms with Gasteiger partial charge in [0.15, 0.2) is 0 Å². The number of hydrogen-bond acceptors (Lipinski definition) is 1. The molecule has 0 amide bonds. The van der Waals surface area contributed by atoms with Crippen molar-refractivity contribution in [2.75, 3.05) is 0 Å². The van der Waals surface area contributed by atoms with Crippen LogP contribution < -0.4 is 5.54 Å². The molecule has 1 saturated carbocycles. The van der Waals surface area contributed by atoms with Crippen molar-refractivity contribution in [1.29, 1.82) is 0 Å². The molecule has 1 fully saturated rings. The molecule has 0 aromatic carbocycles. The molecule has 1 N–H and O–H groups in total. The van der Waals surface area contributed by atoms with Gasteiger partial charge in [0, 0.05) is 6.04 Å². The van der Waals surface area contributed by atoms with E-state index in [0.717, 1.165) is 12.8 Å². The van der Waals surface area contributed by atoms with E-state index >= 15 is 0 Å². The second-order valence-corrected chi connectivity index (χ2v) is 1.38. The number of nitrogens with one attached hydrogen (secondary N) is 1. The molecule has 0 heterocycles. The predicted molar refractivity (Wildman–Crippen MR) is 17.3 cm³/mol. The SMILES string of the molecule is FNC1CC1. The summed E-state index contributed by atoms with van der Waals surface area (Å²) in [6.45, 7) is 0. The highest BCUT2D eigenvalue weighted by atomic mass is 19.2. The van der Waals surface area contributed by atoms with Crippen molar-refractivity contribution in [3.63, 3.8) is 0 Å². The zero-order valence-electron chi connectivity index (χ0n) is 2.87. The second kappa shape index (κ2) is 0.937. The molecule has 0 spiro atoms. The van der Waals surface area contributed by atoms with Crippen LogP contribution in [0.5, 0.6) is 0 Å². The summed E-state index contributed by atoms with van der Waals surface area (Å²) in [5, 5.41) is 0. The third-order valence-corrected chi connectivity index (χ3v) is 0.732. The number of rotatable bonds is 1. The fourth-order valence-corrected chi connectivity index (χ4v) is 0.192. The van der Waals surface area contributed by atoms with Crippen LogP contribution in [0, 0.1) is 0 Å². The average molecular weight is 75.1 g/mol. The smallest absolute Gasteiger partial charge is 0.0373 e. The van der Waals surface area contributed by atoms with E-state index in [0.29, 0.717) is 0 Å². The first-order valence-electron chi connectivity index (χ1n) is 1.79. The van der Waals surface area contributed by atoms with Gasteiger partial charge < -0.3 is 0 Å². The fraction of sp³-hybridized carbons (Fsp3) is 1.00. The molecular weight excluding hydrogens is 69.0 g/mol. The molecule has 1 aliphatic carbocycles. The van der Waals surface area contributed by atoms with Gasteiger partial charge >= 0.3 is 0 Å². The standard InChI is InChI=1S/C3H6FN/c4-5-3-1-2-3/h3,5H,1-2H2. The second-order valence-electron chi connectivity index (χ2n) is 1.38. The van der Waals surface area contributed by atoms with E-state index in [9.17, 15) is 4.48 Å². The van der Waals surface area contributed by atoms with Gasteiger partial charge in [-0.3, -0.25) is 0 Å². The highest BCUT2D eigenvalue weighted by Gasteiger charge is 2.19. The molecular formula is C3H6FN. The van der Waals surface area contributed by atoms with Crippen LogP contribution in [0.1, 0.15) is 12.8 Å². The highest BCUT2D eigenvalue weighted by molar-refractivity contribution is 4.76. The maximum absolute atomic E-state index is 10.9. The minimum atomic E-state index is 0.218. The van der Waals surface area contributed by atoms with E-state index in [1.165, 1.54) is 0 Å². The number of halogens is 1. The summed E-state index contributed by atoms with van der Waals surface area (Å²) in [6, 6.07) is 0.218. The van der Waals surface area contributed by atoms with Crippen LogP contribution in [0.15, 0.2) is 0 Å². The quantitative estimate of drug-likeness (QED) is 0.450. The minimum absolute atomic E-state index is 0.218. The first kappa shape index (κ1) is 3.09. The lowest BCUT2D eigenvalue weighted by molar-refractivity contribution is 0.328. The summed E-state index contributed by atoms with van der Waals surface area (Å²) in [4.78, 5) is 0. The van der Waals surface area contributed by atoms with Crippen LogP contribution in [0.2, 0.25) is 0 Å². The van der Waals surface area contributed by atoms with Crippen molar-refractivity contribution in [2.24, 2.45) is 0 Å². The first-order valence-corrected chi connectivity index (χ1v) is 1.79. The monoisotopic (exact) mass is 75.0 g/mol. The summed E-state index contributed by atoms with van der Waals surface area (Å²) in [6.07, 6.45) is 2.05. The zero-order valence-corrected chi connectivity index (χ0v) is 2.87. The van der Waals surface area contributed by atoms with Crippen molar-refractivity contribution >= 4 is 0 Å². The Bertz CT molecular complexity index is 33.9. The molecule has 0 unspecified atom stereocenters. The van der Waals surface area contributed by atoms with Gasteiger partial charge in [0.25, 0.3) is 0 Å². The van der Waals surface area contributed by atoms with Crippen LogP contribution in [-0.2, 0) is 0 Å². The summed E-state index contributed by atoms with van der Waals surface area (Å²) in [5.41, 5.74) is 1.64. The van der Waals surface area contributed by atoms with Gasteiger partial charge in [-0.05, 0) is 12.8 Å². The molecule has 1 nitrogen and oxygen atoms in total. The Morgan fingerprint density at radius 2 is 2.20 bits per heavy atom. The summed E-state index contributed by atoms with van der Waals surface area (Å²) >= 11 is 0. The van der Waals surface area contributed by atoms with Gasteiger partial charge in [-0.15, -0.1) is 4.48 Å². The Balaban J connectivity index is 2.00. The maximum Gasteiger partial charge on any atom is 0.0373 e. The van der Waals surface area contributed by atoms with E-state index in [1.54, 1.807) is 5.54 Å². The molecule has 5 heavy (non-hydrogen) atoms. The lowest BCUT2D eigenvalue weighted by atomic mass is 10.8. The molecule has 0 bridgehead atoms. The highest BCUT2D eigenvalue weighted by Crippen LogP contribution is 2.17. The fourth-order valence-electron chi connectivity index (χ4n) is 0.192. The Labute approximate surface area is 30.1 Å². The molecule has 30 valence electrons. The summed E-state index contributed by atoms with van der Waals surface area (Å²) in [7, 11) is 0. The van der Waals surface area contributed by atoms with Crippen molar-refractivity contribution in [3.8, 4) is 0 Å². The predicted octanol–water partition coefficient (Wildman–Crippen LogP) is 0.623. The maximum atomic E-state index is 10.9. The van der Waals surface area contributed by atoms with Crippen LogP contribution in [0.25, 0.3) is 0 Å². The lowest BCUT2D eigenvalue weighted by Crippen LogP contribution is -1.99. The minimum Gasteiger partial charge on any atom is -0.156 e. The van der Waals surface area contributed by atoms with E-state index in [4.69, 9.17) is 0 Å². The van der Waals surface area contributed by atoms with Gasteiger partial charge in [-0.1, -0.05) is 0 Å². The Hall–Kier alpha value is -0.110. The third-order valence-electron chi connectivity index (χ3n) is 0.732. The molecule has 0 aliphatic heterocycles. The number of hydrogen-bond donors (Lipinski definition) is 1. The first-order chi connectivity index (χ1) is 2.43. The molecule has 1 aliphatic rings. The summed E-state index contributed by atoms with van der Waals surface area (Å²) in [5.74, 6) is 0. The Morgan fingerprint density at radius 3 is 2.20 bits per heavy atom. The zero-order chi connectivity index (χ0) is 3.70. The van der Waals surface area contributed by atoms with E-state index in [1.807, 2.05) is 0 Å².